The average Bonchev–Trinajstić information content (AvgIpc) is 3.22. The third-order valence-corrected chi connectivity index (χ3v) is 6.07. The van der Waals surface area contributed by atoms with Gasteiger partial charge in [0, 0.05) is 0 Å². The number of carboxylic acid groups (broad SMARTS) is 1. The molecule has 1 fully saturated rings. The third kappa shape index (κ3) is 3.32. The van der Waals surface area contributed by atoms with Gasteiger partial charge >= 0.3 is 5.97 Å². The molecule has 29 heavy (non-hydrogen) atoms. The molecule has 1 unspecified atom stereocenters. The van der Waals surface area contributed by atoms with Crippen molar-refractivity contribution in [2.24, 2.45) is 5.92 Å². The zero-order valence-corrected chi connectivity index (χ0v) is 16.1. The van der Waals surface area contributed by atoms with E-state index in [0.29, 0.717) is 12.8 Å². The van der Waals surface area contributed by atoms with Gasteiger partial charge in [0.1, 0.15) is 0 Å². The number of rotatable bonds is 4. The van der Waals surface area contributed by atoms with E-state index in [9.17, 15) is 9.90 Å². The van der Waals surface area contributed by atoms with Gasteiger partial charge in [-0.2, -0.15) is 0 Å². The maximum absolute atomic E-state index is 11.4. The molecule has 3 aromatic carbocycles. The molecule has 5 nitrogen and oxygen atoms in total. The van der Waals surface area contributed by atoms with Crippen molar-refractivity contribution in [3.05, 3.63) is 71.8 Å². The van der Waals surface area contributed by atoms with Gasteiger partial charge in [-0.1, -0.05) is 48.5 Å². The van der Waals surface area contributed by atoms with Gasteiger partial charge in [0.25, 0.3) is 0 Å². The number of likely N-dealkylation sites (tertiary alicyclic amines) is 1. The van der Waals surface area contributed by atoms with Gasteiger partial charge in [0.05, 0.1) is 12.0 Å². The lowest BCUT2D eigenvalue weighted by Gasteiger charge is -2.37. The fraction of sp³-hybridized carbons (Fsp3) is 0.292. The van der Waals surface area contributed by atoms with Crippen LogP contribution in [0.2, 0.25) is 0 Å². The molecule has 0 spiro atoms. The topological polar surface area (TPSA) is 59.0 Å². The van der Waals surface area contributed by atoms with Crippen molar-refractivity contribution in [3.63, 3.8) is 0 Å². The quantitative estimate of drug-likeness (QED) is 0.714. The molecule has 0 aliphatic carbocycles. The third-order valence-electron chi connectivity index (χ3n) is 6.07. The number of benzene rings is 3. The Labute approximate surface area is 169 Å². The molecule has 2 aliphatic heterocycles. The second kappa shape index (κ2) is 7.41. The van der Waals surface area contributed by atoms with Crippen LogP contribution in [0.3, 0.4) is 0 Å². The van der Waals surface area contributed by atoms with Crippen molar-refractivity contribution in [3.8, 4) is 11.5 Å². The number of piperidine rings is 1. The number of hydrogen-bond acceptors (Lipinski definition) is 4. The Hall–Kier alpha value is -3.05. The summed E-state index contributed by atoms with van der Waals surface area (Å²) in [6.45, 7) is 1.75. The van der Waals surface area contributed by atoms with Crippen LogP contribution in [-0.2, 0) is 4.79 Å². The van der Waals surface area contributed by atoms with E-state index in [4.69, 9.17) is 9.47 Å². The van der Waals surface area contributed by atoms with Crippen LogP contribution in [0.25, 0.3) is 10.8 Å². The standard InChI is InChI=1S/C24H23NO4/c26-24(27)17-10-12-25(13-11-17)23(18-8-9-21-22(14-18)29-15-28-21)20-7-3-5-16-4-1-2-6-19(16)20/h1-9,14,17,23H,10-13,15H2,(H,26,27). The molecule has 2 aliphatic rings. The van der Waals surface area contributed by atoms with E-state index in [2.05, 4.69) is 59.5 Å². The summed E-state index contributed by atoms with van der Waals surface area (Å²) in [5.41, 5.74) is 2.37. The lowest BCUT2D eigenvalue weighted by molar-refractivity contribution is -0.143. The number of carboxylic acids is 1. The lowest BCUT2D eigenvalue weighted by Crippen LogP contribution is -2.39. The molecule has 2 heterocycles. The molecule has 1 N–H and O–H groups in total. The number of aliphatic carboxylic acids is 1. The molecular formula is C24H23NO4. The smallest absolute Gasteiger partial charge is 0.306 e. The van der Waals surface area contributed by atoms with Crippen molar-refractivity contribution in [1.29, 1.82) is 0 Å². The van der Waals surface area contributed by atoms with Gasteiger partial charge in [-0.05, 0) is 60.0 Å². The van der Waals surface area contributed by atoms with Gasteiger partial charge in [-0.25, -0.2) is 0 Å². The maximum Gasteiger partial charge on any atom is 0.306 e. The Kier molecular flexibility index (Phi) is 4.60. The average molecular weight is 389 g/mol. The molecule has 5 rings (SSSR count). The first-order valence-corrected chi connectivity index (χ1v) is 10.0. The zero-order valence-electron chi connectivity index (χ0n) is 16.1. The van der Waals surface area contributed by atoms with Crippen LogP contribution in [0, 0.1) is 5.92 Å². The number of nitrogens with zero attached hydrogens (tertiary/aromatic N) is 1. The molecule has 1 saturated heterocycles. The van der Waals surface area contributed by atoms with Crippen LogP contribution < -0.4 is 9.47 Å². The summed E-state index contributed by atoms with van der Waals surface area (Å²) in [5, 5.41) is 11.8. The van der Waals surface area contributed by atoms with Gasteiger partial charge in [-0.3, -0.25) is 9.69 Å². The van der Waals surface area contributed by atoms with E-state index in [-0.39, 0.29) is 18.8 Å². The molecule has 0 aromatic heterocycles. The van der Waals surface area contributed by atoms with Gasteiger partial charge in [0.15, 0.2) is 11.5 Å². The van der Waals surface area contributed by atoms with E-state index < -0.39 is 5.97 Å². The van der Waals surface area contributed by atoms with Crippen molar-refractivity contribution >= 4 is 16.7 Å². The van der Waals surface area contributed by atoms with Crippen molar-refractivity contribution in [2.45, 2.75) is 18.9 Å². The highest BCUT2D eigenvalue weighted by Gasteiger charge is 2.31. The Morgan fingerprint density at radius 3 is 2.55 bits per heavy atom. The largest absolute Gasteiger partial charge is 0.481 e. The van der Waals surface area contributed by atoms with Crippen LogP contribution in [-0.4, -0.2) is 35.9 Å². The van der Waals surface area contributed by atoms with Crippen LogP contribution in [0.4, 0.5) is 0 Å². The SMILES string of the molecule is O=C(O)C1CCN(C(c2ccc3c(c2)OCO3)c2cccc3ccccc23)CC1. The predicted octanol–water partition coefficient (Wildman–Crippen LogP) is 4.45. The minimum Gasteiger partial charge on any atom is -0.481 e. The van der Waals surface area contributed by atoms with Crippen LogP contribution >= 0.6 is 0 Å². The van der Waals surface area contributed by atoms with E-state index in [1.165, 1.54) is 16.3 Å². The van der Waals surface area contributed by atoms with E-state index in [0.717, 1.165) is 30.2 Å². The van der Waals surface area contributed by atoms with Crippen LogP contribution in [0.15, 0.2) is 60.7 Å². The molecular weight excluding hydrogens is 366 g/mol. The van der Waals surface area contributed by atoms with Crippen molar-refractivity contribution in [2.75, 3.05) is 19.9 Å². The first kappa shape index (κ1) is 18.0. The van der Waals surface area contributed by atoms with Gasteiger partial charge in [0.2, 0.25) is 6.79 Å². The Morgan fingerprint density at radius 1 is 0.966 bits per heavy atom. The Balaban J connectivity index is 1.59. The monoisotopic (exact) mass is 389 g/mol. The summed E-state index contributed by atoms with van der Waals surface area (Å²) in [6, 6.07) is 21.0. The summed E-state index contributed by atoms with van der Waals surface area (Å²) >= 11 is 0. The Bertz CT molecular complexity index is 1050. The normalized spacial score (nSPS) is 18.1. The predicted molar refractivity (Wildman–Crippen MR) is 110 cm³/mol. The molecule has 148 valence electrons. The van der Waals surface area contributed by atoms with Crippen LogP contribution in [0.5, 0.6) is 11.5 Å². The number of fused-ring (bicyclic) bond motifs is 2. The van der Waals surface area contributed by atoms with E-state index in [1.54, 1.807) is 0 Å². The Morgan fingerprint density at radius 2 is 1.72 bits per heavy atom. The highest BCUT2D eigenvalue weighted by molar-refractivity contribution is 5.86. The van der Waals surface area contributed by atoms with Crippen molar-refractivity contribution < 1.29 is 19.4 Å². The van der Waals surface area contributed by atoms with Crippen molar-refractivity contribution in [1.82, 2.24) is 4.90 Å². The second-order valence-electron chi connectivity index (χ2n) is 7.73. The molecule has 5 heteroatoms. The summed E-state index contributed by atoms with van der Waals surface area (Å²) in [4.78, 5) is 13.8. The summed E-state index contributed by atoms with van der Waals surface area (Å²) in [5.74, 6) is 0.605. The minimum absolute atomic E-state index is 0.0327. The number of ether oxygens (including phenoxy) is 2. The number of carbonyl (C=O) groups is 1. The highest BCUT2D eigenvalue weighted by Crippen LogP contribution is 2.40. The van der Waals surface area contributed by atoms with Crippen LogP contribution in [0.1, 0.15) is 30.0 Å². The molecule has 0 radical (unpaired) electrons. The molecule has 0 saturated carbocycles. The van der Waals surface area contributed by atoms with E-state index in [1.807, 2.05) is 6.07 Å². The maximum atomic E-state index is 11.4. The first-order chi connectivity index (χ1) is 14.2. The molecule has 0 amide bonds. The highest BCUT2D eigenvalue weighted by atomic mass is 16.7. The summed E-state index contributed by atoms with van der Waals surface area (Å²) in [7, 11) is 0. The summed E-state index contributed by atoms with van der Waals surface area (Å²) in [6.07, 6.45) is 1.34. The molecule has 0 bridgehead atoms. The minimum atomic E-state index is -0.686. The molecule has 1 atom stereocenters. The number of hydrogen-bond donors (Lipinski definition) is 1. The fourth-order valence-electron chi connectivity index (χ4n) is 4.56. The second-order valence-corrected chi connectivity index (χ2v) is 7.73. The molecule has 3 aromatic rings. The summed E-state index contributed by atoms with van der Waals surface area (Å²) < 4.78 is 11.1. The van der Waals surface area contributed by atoms with Gasteiger partial charge in [-0.15, -0.1) is 0 Å². The lowest BCUT2D eigenvalue weighted by atomic mass is 9.89. The first-order valence-electron chi connectivity index (χ1n) is 10.0. The zero-order chi connectivity index (χ0) is 19.8. The fourth-order valence-corrected chi connectivity index (χ4v) is 4.56. The van der Waals surface area contributed by atoms with E-state index >= 15 is 0 Å². The van der Waals surface area contributed by atoms with Gasteiger partial charge < -0.3 is 14.6 Å².